The molecule has 0 atom stereocenters. The van der Waals surface area contributed by atoms with E-state index >= 15 is 0 Å². The van der Waals surface area contributed by atoms with Crippen LogP contribution in [0.4, 0.5) is 5.82 Å². The summed E-state index contributed by atoms with van der Waals surface area (Å²) in [5, 5.41) is 11.3. The maximum Gasteiger partial charge on any atom is 0.251 e. The van der Waals surface area contributed by atoms with Crippen LogP contribution in [0.25, 0.3) is 11.0 Å². The number of carbonyl (C=O) groups excluding carboxylic acids is 1. The Hall–Kier alpha value is -3.20. The van der Waals surface area contributed by atoms with E-state index in [2.05, 4.69) is 32.6 Å². The molecule has 3 rings (SSSR count). The Bertz CT molecular complexity index is 942. The topological polar surface area (TPSA) is 103 Å². The van der Waals surface area contributed by atoms with E-state index in [1.807, 2.05) is 12.1 Å². The molecular formula is C21H28N6O3. The number of aromatic nitrogens is 4. The smallest absolute Gasteiger partial charge is 0.251 e. The highest BCUT2D eigenvalue weighted by atomic mass is 16.5. The zero-order chi connectivity index (χ0) is 21.2. The van der Waals surface area contributed by atoms with Gasteiger partial charge in [-0.1, -0.05) is 13.3 Å². The van der Waals surface area contributed by atoms with Gasteiger partial charge in [-0.3, -0.25) is 4.79 Å². The first kappa shape index (κ1) is 21.5. The molecule has 2 N–H and O–H groups in total. The van der Waals surface area contributed by atoms with Crippen LogP contribution in [0.5, 0.6) is 5.75 Å². The number of hydrogen-bond donors (Lipinski definition) is 2. The predicted molar refractivity (Wildman–Crippen MR) is 115 cm³/mol. The SMILES string of the molecule is CCCCOc1ccc(C(=O)NCCn2ncc3c(NCCOC)ncnc32)cc1. The van der Waals surface area contributed by atoms with Gasteiger partial charge >= 0.3 is 0 Å². The summed E-state index contributed by atoms with van der Waals surface area (Å²) in [6, 6.07) is 7.18. The zero-order valence-electron chi connectivity index (χ0n) is 17.4. The van der Waals surface area contributed by atoms with Crippen molar-refractivity contribution in [1.82, 2.24) is 25.1 Å². The van der Waals surface area contributed by atoms with Crippen LogP contribution in [0.1, 0.15) is 30.1 Å². The van der Waals surface area contributed by atoms with Crippen molar-refractivity contribution in [2.24, 2.45) is 0 Å². The molecule has 0 fully saturated rings. The second kappa shape index (κ2) is 11.1. The highest BCUT2D eigenvalue weighted by molar-refractivity contribution is 5.94. The summed E-state index contributed by atoms with van der Waals surface area (Å²) in [6.45, 7) is 4.97. The van der Waals surface area contributed by atoms with Crippen molar-refractivity contribution in [3.63, 3.8) is 0 Å². The molecule has 1 amide bonds. The van der Waals surface area contributed by atoms with Crippen LogP contribution in [-0.2, 0) is 11.3 Å². The molecule has 2 aromatic heterocycles. The lowest BCUT2D eigenvalue weighted by Gasteiger charge is -2.08. The number of methoxy groups -OCH3 is 1. The van der Waals surface area contributed by atoms with Gasteiger partial charge in [0.1, 0.15) is 17.9 Å². The first-order valence-corrected chi connectivity index (χ1v) is 10.1. The molecule has 0 unspecified atom stereocenters. The fourth-order valence-corrected chi connectivity index (χ4v) is 2.88. The summed E-state index contributed by atoms with van der Waals surface area (Å²) in [5.74, 6) is 1.36. The van der Waals surface area contributed by atoms with E-state index in [1.54, 1.807) is 30.1 Å². The fraction of sp³-hybridized carbons (Fsp3) is 0.429. The lowest BCUT2D eigenvalue weighted by Crippen LogP contribution is -2.27. The number of rotatable bonds is 12. The number of hydrogen-bond acceptors (Lipinski definition) is 7. The van der Waals surface area contributed by atoms with Gasteiger partial charge in [0.05, 0.1) is 31.3 Å². The number of nitrogens with one attached hydrogen (secondary N) is 2. The third-order valence-electron chi connectivity index (χ3n) is 4.52. The van der Waals surface area contributed by atoms with Crippen LogP contribution in [0.15, 0.2) is 36.8 Å². The minimum atomic E-state index is -0.136. The Labute approximate surface area is 175 Å². The number of anilines is 1. The molecule has 0 aliphatic rings. The highest BCUT2D eigenvalue weighted by Gasteiger charge is 2.10. The molecule has 3 aromatic rings. The van der Waals surface area contributed by atoms with Crippen LogP contribution in [0, 0.1) is 0 Å². The lowest BCUT2D eigenvalue weighted by molar-refractivity contribution is 0.0952. The van der Waals surface area contributed by atoms with E-state index in [9.17, 15) is 4.79 Å². The van der Waals surface area contributed by atoms with Gasteiger partial charge < -0.3 is 20.1 Å². The quantitative estimate of drug-likeness (QED) is 0.441. The molecule has 1 aromatic carbocycles. The number of nitrogens with zero attached hydrogens (tertiary/aromatic N) is 4. The van der Waals surface area contributed by atoms with E-state index < -0.39 is 0 Å². The molecule has 0 saturated carbocycles. The highest BCUT2D eigenvalue weighted by Crippen LogP contribution is 2.18. The van der Waals surface area contributed by atoms with Crippen molar-refractivity contribution in [2.75, 3.05) is 38.7 Å². The van der Waals surface area contributed by atoms with Gasteiger partial charge in [-0.15, -0.1) is 0 Å². The Morgan fingerprint density at radius 1 is 1.13 bits per heavy atom. The summed E-state index contributed by atoms with van der Waals surface area (Å²) < 4.78 is 12.4. The normalized spacial score (nSPS) is 10.9. The van der Waals surface area contributed by atoms with Gasteiger partial charge in [-0.25, -0.2) is 14.6 Å². The van der Waals surface area contributed by atoms with Crippen molar-refractivity contribution in [2.45, 2.75) is 26.3 Å². The second-order valence-corrected chi connectivity index (χ2v) is 6.73. The molecule has 0 aliphatic carbocycles. The third-order valence-corrected chi connectivity index (χ3v) is 4.52. The van der Waals surface area contributed by atoms with Crippen molar-refractivity contribution in [3.8, 4) is 5.75 Å². The standard InChI is InChI=1S/C21H28N6O3/c1-3-4-12-30-17-7-5-16(6-8-17)21(28)23-9-11-27-20-18(14-26-27)19(24-15-25-20)22-10-13-29-2/h5-8,14-15H,3-4,9-13H2,1-2H3,(H,23,28)(H,22,24,25). The minimum absolute atomic E-state index is 0.136. The van der Waals surface area contributed by atoms with Crippen molar-refractivity contribution < 1.29 is 14.3 Å². The average molecular weight is 412 g/mol. The molecule has 0 spiro atoms. The van der Waals surface area contributed by atoms with E-state index in [0.717, 1.165) is 24.0 Å². The first-order chi connectivity index (χ1) is 14.7. The molecule has 2 heterocycles. The Balaban J connectivity index is 1.53. The fourth-order valence-electron chi connectivity index (χ4n) is 2.88. The summed E-state index contributed by atoms with van der Waals surface area (Å²) in [4.78, 5) is 21.0. The van der Waals surface area contributed by atoms with Crippen LogP contribution in [-0.4, -0.2) is 59.1 Å². The molecule has 0 radical (unpaired) electrons. The van der Waals surface area contributed by atoms with E-state index in [4.69, 9.17) is 9.47 Å². The zero-order valence-corrected chi connectivity index (χ0v) is 17.4. The van der Waals surface area contributed by atoms with Crippen molar-refractivity contribution >= 4 is 22.8 Å². The number of benzene rings is 1. The largest absolute Gasteiger partial charge is 0.494 e. The number of amides is 1. The molecule has 0 aliphatic heterocycles. The third kappa shape index (κ3) is 5.66. The van der Waals surface area contributed by atoms with Crippen LogP contribution in [0.3, 0.4) is 0 Å². The average Bonchev–Trinajstić information content (AvgIpc) is 3.18. The molecule has 9 heteroatoms. The van der Waals surface area contributed by atoms with Gasteiger partial charge in [0.25, 0.3) is 5.91 Å². The van der Waals surface area contributed by atoms with Gasteiger partial charge in [0.15, 0.2) is 5.65 Å². The molecule has 160 valence electrons. The molecule has 0 bridgehead atoms. The summed E-state index contributed by atoms with van der Waals surface area (Å²) in [7, 11) is 1.65. The molecular weight excluding hydrogens is 384 g/mol. The van der Waals surface area contributed by atoms with Crippen molar-refractivity contribution in [3.05, 3.63) is 42.4 Å². The Morgan fingerprint density at radius 2 is 1.97 bits per heavy atom. The number of ether oxygens (including phenoxy) is 2. The number of unbranched alkanes of at least 4 members (excludes halogenated alkanes) is 1. The summed E-state index contributed by atoms with van der Waals surface area (Å²) in [6.07, 6.45) is 5.33. The minimum Gasteiger partial charge on any atom is -0.494 e. The number of fused-ring (bicyclic) bond motifs is 1. The van der Waals surface area contributed by atoms with Crippen LogP contribution < -0.4 is 15.4 Å². The summed E-state index contributed by atoms with van der Waals surface area (Å²) in [5.41, 5.74) is 1.31. The van der Waals surface area contributed by atoms with E-state index in [0.29, 0.717) is 49.9 Å². The van der Waals surface area contributed by atoms with Gasteiger partial charge in [-0.2, -0.15) is 5.10 Å². The van der Waals surface area contributed by atoms with Gasteiger partial charge in [0, 0.05) is 25.8 Å². The Kier molecular flexibility index (Phi) is 7.96. The molecule has 9 nitrogen and oxygen atoms in total. The Morgan fingerprint density at radius 3 is 2.73 bits per heavy atom. The van der Waals surface area contributed by atoms with E-state index in [-0.39, 0.29) is 5.91 Å². The van der Waals surface area contributed by atoms with Gasteiger partial charge in [0.2, 0.25) is 0 Å². The number of carbonyl (C=O) groups is 1. The maximum absolute atomic E-state index is 12.4. The van der Waals surface area contributed by atoms with Gasteiger partial charge in [-0.05, 0) is 30.7 Å². The second-order valence-electron chi connectivity index (χ2n) is 6.73. The summed E-state index contributed by atoms with van der Waals surface area (Å²) >= 11 is 0. The first-order valence-electron chi connectivity index (χ1n) is 10.1. The lowest BCUT2D eigenvalue weighted by atomic mass is 10.2. The molecule has 0 saturated heterocycles. The van der Waals surface area contributed by atoms with Crippen molar-refractivity contribution in [1.29, 1.82) is 0 Å². The predicted octanol–water partition coefficient (Wildman–Crippen LogP) is 2.49. The van der Waals surface area contributed by atoms with Crippen LogP contribution >= 0.6 is 0 Å². The maximum atomic E-state index is 12.4. The van der Waals surface area contributed by atoms with E-state index in [1.165, 1.54) is 6.33 Å². The molecule has 30 heavy (non-hydrogen) atoms. The monoisotopic (exact) mass is 412 g/mol. The van der Waals surface area contributed by atoms with Crippen LogP contribution in [0.2, 0.25) is 0 Å².